The van der Waals surface area contributed by atoms with Crippen molar-refractivity contribution in [2.24, 2.45) is 5.73 Å². The van der Waals surface area contributed by atoms with Crippen molar-refractivity contribution in [3.8, 4) is 0 Å². The van der Waals surface area contributed by atoms with E-state index in [2.05, 4.69) is 5.32 Å². The first-order valence-corrected chi connectivity index (χ1v) is 5.73. The van der Waals surface area contributed by atoms with Crippen LogP contribution in [0.25, 0.3) is 0 Å². The molecule has 0 aliphatic rings. The van der Waals surface area contributed by atoms with Gasteiger partial charge in [-0.05, 0) is 19.1 Å². The van der Waals surface area contributed by atoms with Crippen LogP contribution in [0.3, 0.4) is 0 Å². The third kappa shape index (κ3) is 3.94. The van der Waals surface area contributed by atoms with Crippen molar-refractivity contribution in [3.05, 3.63) is 34.6 Å². The number of carbonyl (C=O) groups is 1. The van der Waals surface area contributed by atoms with Gasteiger partial charge in [-0.25, -0.2) is 4.39 Å². The topological polar surface area (TPSA) is 55.1 Å². The molecule has 1 aromatic carbocycles. The summed E-state index contributed by atoms with van der Waals surface area (Å²) in [6.45, 7) is 1.74. The van der Waals surface area contributed by atoms with Crippen molar-refractivity contribution in [1.29, 1.82) is 0 Å². The highest BCUT2D eigenvalue weighted by atomic mass is 35.5. The highest BCUT2D eigenvalue weighted by Gasteiger charge is 2.16. The predicted octanol–water partition coefficient (Wildman–Crippen LogP) is 2.27. The number of rotatable bonds is 4. The molecule has 0 spiro atoms. The number of amides is 1. The van der Waals surface area contributed by atoms with E-state index in [0.29, 0.717) is 11.4 Å². The fraction of sp³-hybridized carbons (Fsp3) is 0.273. The van der Waals surface area contributed by atoms with E-state index in [1.165, 1.54) is 18.2 Å². The van der Waals surface area contributed by atoms with Gasteiger partial charge in [0.25, 0.3) is 5.91 Å². The summed E-state index contributed by atoms with van der Waals surface area (Å²) in [4.78, 5) is 12.0. The molecule has 0 radical (unpaired) electrons. The summed E-state index contributed by atoms with van der Waals surface area (Å²) in [5, 5.41) is 2.51. The Morgan fingerprint density at radius 2 is 2.29 bits per heavy atom. The molecule has 0 heterocycles. The SMILES string of the molecule is CC(CC(N)=S)NC(=O)c1cccc(Cl)c1F. The lowest BCUT2D eigenvalue weighted by Crippen LogP contribution is -2.35. The third-order valence-corrected chi connectivity index (χ3v) is 2.54. The molecular weight excluding hydrogens is 263 g/mol. The summed E-state index contributed by atoms with van der Waals surface area (Å²) in [7, 11) is 0. The second kappa shape index (κ2) is 5.93. The summed E-state index contributed by atoms with van der Waals surface area (Å²) in [5.41, 5.74) is 5.26. The van der Waals surface area contributed by atoms with E-state index in [0.717, 1.165) is 0 Å². The van der Waals surface area contributed by atoms with Crippen molar-refractivity contribution in [1.82, 2.24) is 5.32 Å². The molecule has 0 aromatic heterocycles. The molecule has 0 saturated heterocycles. The van der Waals surface area contributed by atoms with Gasteiger partial charge >= 0.3 is 0 Å². The van der Waals surface area contributed by atoms with E-state index in [9.17, 15) is 9.18 Å². The minimum Gasteiger partial charge on any atom is -0.393 e. The second-order valence-electron chi connectivity index (χ2n) is 3.65. The standard InChI is InChI=1S/C11H12ClFN2OS/c1-6(5-9(14)17)15-11(16)7-3-2-4-8(12)10(7)13/h2-4,6H,5H2,1H3,(H2,14,17)(H,15,16). The highest BCUT2D eigenvalue weighted by molar-refractivity contribution is 7.80. The molecule has 3 nitrogen and oxygen atoms in total. The Bertz CT molecular complexity index is 453. The lowest BCUT2D eigenvalue weighted by Gasteiger charge is -2.13. The van der Waals surface area contributed by atoms with E-state index in [-0.39, 0.29) is 16.6 Å². The zero-order valence-electron chi connectivity index (χ0n) is 9.17. The van der Waals surface area contributed by atoms with Gasteiger partial charge in [0, 0.05) is 12.5 Å². The van der Waals surface area contributed by atoms with Crippen molar-refractivity contribution in [3.63, 3.8) is 0 Å². The van der Waals surface area contributed by atoms with Crippen LogP contribution in [-0.2, 0) is 0 Å². The van der Waals surface area contributed by atoms with Gasteiger partial charge in [-0.3, -0.25) is 4.79 Å². The Hall–Kier alpha value is -1.20. The summed E-state index contributed by atoms with van der Waals surface area (Å²) in [6.07, 6.45) is 0.364. The fourth-order valence-corrected chi connectivity index (χ4v) is 1.76. The maximum absolute atomic E-state index is 13.5. The predicted molar refractivity (Wildman–Crippen MR) is 69.7 cm³/mol. The monoisotopic (exact) mass is 274 g/mol. The zero-order chi connectivity index (χ0) is 13.0. The maximum Gasteiger partial charge on any atom is 0.254 e. The van der Waals surface area contributed by atoms with Crippen molar-refractivity contribution < 1.29 is 9.18 Å². The zero-order valence-corrected chi connectivity index (χ0v) is 10.7. The first kappa shape index (κ1) is 13.9. The molecule has 0 aliphatic heterocycles. The van der Waals surface area contributed by atoms with Crippen molar-refractivity contribution in [2.75, 3.05) is 0 Å². The first-order chi connectivity index (χ1) is 7.91. The van der Waals surface area contributed by atoms with Crippen LogP contribution >= 0.6 is 23.8 Å². The third-order valence-electron chi connectivity index (χ3n) is 2.08. The molecule has 1 atom stereocenters. The molecule has 6 heteroatoms. The Kier molecular flexibility index (Phi) is 4.84. The Balaban J connectivity index is 2.77. The molecular formula is C11H12ClFN2OS. The summed E-state index contributed by atoms with van der Waals surface area (Å²) >= 11 is 10.3. The van der Waals surface area contributed by atoms with Crippen molar-refractivity contribution in [2.45, 2.75) is 19.4 Å². The lowest BCUT2D eigenvalue weighted by atomic mass is 10.1. The lowest BCUT2D eigenvalue weighted by molar-refractivity contribution is 0.0937. The number of carbonyl (C=O) groups excluding carboxylic acids is 1. The molecule has 1 rings (SSSR count). The van der Waals surface area contributed by atoms with Crippen LogP contribution in [0.1, 0.15) is 23.7 Å². The molecule has 1 aromatic rings. The van der Waals surface area contributed by atoms with Crippen LogP contribution in [-0.4, -0.2) is 16.9 Å². The molecule has 0 saturated carbocycles. The summed E-state index contributed by atoms with van der Waals surface area (Å²) < 4.78 is 13.5. The Morgan fingerprint density at radius 1 is 1.65 bits per heavy atom. The van der Waals surface area contributed by atoms with E-state index in [4.69, 9.17) is 29.6 Å². The Morgan fingerprint density at radius 3 is 2.88 bits per heavy atom. The van der Waals surface area contributed by atoms with Gasteiger partial charge in [-0.2, -0.15) is 0 Å². The molecule has 92 valence electrons. The highest BCUT2D eigenvalue weighted by Crippen LogP contribution is 2.17. The van der Waals surface area contributed by atoms with E-state index < -0.39 is 11.7 Å². The van der Waals surface area contributed by atoms with Crippen LogP contribution in [0.2, 0.25) is 5.02 Å². The van der Waals surface area contributed by atoms with Gasteiger partial charge in [-0.15, -0.1) is 0 Å². The minimum absolute atomic E-state index is 0.0837. The molecule has 3 N–H and O–H groups in total. The van der Waals surface area contributed by atoms with Crippen LogP contribution in [0.4, 0.5) is 4.39 Å². The number of thiocarbonyl (C=S) groups is 1. The number of halogens is 2. The van der Waals surface area contributed by atoms with Gasteiger partial charge in [-0.1, -0.05) is 29.9 Å². The average Bonchev–Trinajstić information content (AvgIpc) is 2.20. The normalized spacial score (nSPS) is 11.9. The molecule has 0 fully saturated rings. The molecule has 1 amide bonds. The van der Waals surface area contributed by atoms with Gasteiger partial charge < -0.3 is 11.1 Å². The number of nitrogens with one attached hydrogen (secondary N) is 1. The van der Waals surface area contributed by atoms with E-state index >= 15 is 0 Å². The van der Waals surface area contributed by atoms with Crippen LogP contribution in [0.5, 0.6) is 0 Å². The van der Waals surface area contributed by atoms with Gasteiger partial charge in [0.05, 0.1) is 15.6 Å². The van der Waals surface area contributed by atoms with E-state index in [1.54, 1.807) is 6.92 Å². The fourth-order valence-electron chi connectivity index (χ4n) is 1.33. The largest absolute Gasteiger partial charge is 0.393 e. The van der Waals surface area contributed by atoms with Crippen LogP contribution in [0.15, 0.2) is 18.2 Å². The molecule has 0 aliphatic carbocycles. The minimum atomic E-state index is -0.728. The summed E-state index contributed by atoms with van der Waals surface area (Å²) in [6, 6.07) is 4.01. The quantitative estimate of drug-likeness (QED) is 0.828. The molecule has 1 unspecified atom stereocenters. The van der Waals surface area contributed by atoms with Crippen LogP contribution < -0.4 is 11.1 Å². The van der Waals surface area contributed by atoms with Gasteiger partial charge in [0.2, 0.25) is 0 Å². The average molecular weight is 275 g/mol. The van der Waals surface area contributed by atoms with E-state index in [1.807, 2.05) is 0 Å². The smallest absolute Gasteiger partial charge is 0.254 e. The second-order valence-corrected chi connectivity index (χ2v) is 4.58. The van der Waals surface area contributed by atoms with Gasteiger partial charge in [0.1, 0.15) is 0 Å². The van der Waals surface area contributed by atoms with Crippen molar-refractivity contribution >= 4 is 34.7 Å². The Labute approximate surface area is 109 Å². The first-order valence-electron chi connectivity index (χ1n) is 4.95. The summed E-state index contributed by atoms with van der Waals surface area (Å²) in [5.74, 6) is -1.26. The molecule has 0 bridgehead atoms. The maximum atomic E-state index is 13.5. The number of hydrogen-bond donors (Lipinski definition) is 2. The van der Waals surface area contributed by atoms with Gasteiger partial charge in [0.15, 0.2) is 5.82 Å². The van der Waals surface area contributed by atoms with Crippen LogP contribution in [0, 0.1) is 5.82 Å². The number of hydrogen-bond acceptors (Lipinski definition) is 2. The number of benzene rings is 1. The number of nitrogens with two attached hydrogens (primary N) is 1. The molecule has 17 heavy (non-hydrogen) atoms.